The molecule has 2 aromatic rings. The largest absolute Gasteiger partial charge is 0.454 e. The van der Waals surface area contributed by atoms with Gasteiger partial charge in [-0.1, -0.05) is 6.07 Å². The van der Waals surface area contributed by atoms with Gasteiger partial charge in [-0.15, -0.1) is 11.3 Å². The summed E-state index contributed by atoms with van der Waals surface area (Å²) in [5.74, 6) is 1.44. The number of rotatable bonds is 4. The molecule has 1 aromatic heterocycles. The summed E-state index contributed by atoms with van der Waals surface area (Å²) in [6, 6.07) is 5.74. The molecule has 3 rings (SSSR count). The minimum atomic E-state index is -0.0496. The number of carbonyl (C=O) groups excluding carboxylic acids is 1. The first-order chi connectivity index (χ1) is 9.78. The predicted octanol–water partition coefficient (Wildman–Crippen LogP) is 2.53. The minimum Gasteiger partial charge on any atom is -0.454 e. The van der Waals surface area contributed by atoms with Crippen LogP contribution in [0.3, 0.4) is 0 Å². The van der Waals surface area contributed by atoms with Gasteiger partial charge < -0.3 is 14.4 Å². The van der Waals surface area contributed by atoms with Crippen LogP contribution in [0.5, 0.6) is 11.5 Å². The van der Waals surface area contributed by atoms with Gasteiger partial charge in [-0.25, -0.2) is 4.98 Å². The Balaban J connectivity index is 1.76. The van der Waals surface area contributed by atoms with Gasteiger partial charge in [0.05, 0.1) is 5.51 Å². The Labute approximate surface area is 120 Å². The molecular weight excluding hydrogens is 276 g/mol. The summed E-state index contributed by atoms with van der Waals surface area (Å²) < 4.78 is 10.6. The molecule has 0 unspecified atom stereocenters. The van der Waals surface area contributed by atoms with Crippen LogP contribution in [-0.4, -0.2) is 29.1 Å². The van der Waals surface area contributed by atoms with E-state index in [1.54, 1.807) is 15.8 Å². The number of aromatic nitrogens is 1. The Kier molecular flexibility index (Phi) is 3.56. The van der Waals surface area contributed by atoms with Gasteiger partial charge in [0.15, 0.2) is 11.5 Å². The quantitative estimate of drug-likeness (QED) is 0.868. The van der Waals surface area contributed by atoms with E-state index in [0.29, 0.717) is 18.8 Å². The molecule has 0 aliphatic carbocycles. The van der Waals surface area contributed by atoms with E-state index in [4.69, 9.17) is 9.47 Å². The minimum absolute atomic E-state index is 0.0496. The normalized spacial score (nSPS) is 12.4. The van der Waals surface area contributed by atoms with Crippen molar-refractivity contribution in [2.45, 2.75) is 13.5 Å². The molecule has 1 aliphatic heterocycles. The molecule has 0 saturated carbocycles. The van der Waals surface area contributed by atoms with E-state index in [1.807, 2.05) is 25.1 Å². The Bertz CT molecular complexity index is 613. The van der Waals surface area contributed by atoms with Crippen molar-refractivity contribution in [1.29, 1.82) is 0 Å². The average Bonchev–Trinajstić information content (AvgIpc) is 3.14. The van der Waals surface area contributed by atoms with Crippen molar-refractivity contribution in [2.24, 2.45) is 0 Å². The first-order valence-electron chi connectivity index (χ1n) is 6.34. The fraction of sp³-hybridized carbons (Fsp3) is 0.286. The molecule has 20 heavy (non-hydrogen) atoms. The summed E-state index contributed by atoms with van der Waals surface area (Å²) in [6.07, 6.45) is 0. The Morgan fingerprint density at radius 1 is 1.40 bits per heavy atom. The van der Waals surface area contributed by atoms with Crippen molar-refractivity contribution in [3.63, 3.8) is 0 Å². The third-order valence-electron chi connectivity index (χ3n) is 3.13. The van der Waals surface area contributed by atoms with Crippen molar-refractivity contribution >= 4 is 17.2 Å². The summed E-state index contributed by atoms with van der Waals surface area (Å²) in [7, 11) is 0. The highest BCUT2D eigenvalue weighted by molar-refractivity contribution is 7.07. The number of amides is 1. The number of hydrogen-bond donors (Lipinski definition) is 0. The van der Waals surface area contributed by atoms with Crippen LogP contribution >= 0.6 is 11.3 Å². The van der Waals surface area contributed by atoms with Crippen LogP contribution in [0.25, 0.3) is 0 Å². The van der Waals surface area contributed by atoms with E-state index < -0.39 is 0 Å². The van der Waals surface area contributed by atoms with Gasteiger partial charge in [-0.3, -0.25) is 4.79 Å². The van der Waals surface area contributed by atoms with E-state index in [-0.39, 0.29) is 12.7 Å². The second-order valence-electron chi connectivity index (χ2n) is 4.38. The summed E-state index contributed by atoms with van der Waals surface area (Å²) in [5, 5.41) is 1.77. The Hall–Kier alpha value is -2.08. The van der Waals surface area contributed by atoms with Gasteiger partial charge >= 0.3 is 0 Å². The predicted molar refractivity (Wildman–Crippen MR) is 75.1 cm³/mol. The van der Waals surface area contributed by atoms with Crippen molar-refractivity contribution in [3.05, 3.63) is 40.3 Å². The molecule has 0 radical (unpaired) electrons. The summed E-state index contributed by atoms with van der Waals surface area (Å²) in [4.78, 5) is 18.1. The fourth-order valence-corrected chi connectivity index (χ4v) is 2.59. The first-order valence-corrected chi connectivity index (χ1v) is 7.28. The lowest BCUT2D eigenvalue weighted by molar-refractivity contribution is 0.0747. The van der Waals surface area contributed by atoms with E-state index in [2.05, 4.69) is 4.98 Å². The van der Waals surface area contributed by atoms with Gasteiger partial charge in [0, 0.05) is 18.5 Å². The van der Waals surface area contributed by atoms with Crippen molar-refractivity contribution in [3.8, 4) is 11.5 Å². The van der Waals surface area contributed by atoms with Gasteiger partial charge in [0.2, 0.25) is 6.79 Å². The Morgan fingerprint density at radius 3 is 3.00 bits per heavy atom. The molecule has 1 aliphatic rings. The molecule has 0 N–H and O–H groups in total. The number of carbonyl (C=O) groups is 1. The number of thiazole rings is 1. The summed E-state index contributed by atoms with van der Waals surface area (Å²) in [5.41, 5.74) is 3.18. The zero-order valence-corrected chi connectivity index (χ0v) is 11.9. The zero-order valence-electron chi connectivity index (χ0n) is 11.0. The molecule has 2 heterocycles. The van der Waals surface area contributed by atoms with E-state index in [9.17, 15) is 4.79 Å². The standard InChI is InChI=1S/C14H14N2O3S/c1-2-16(14(17)11-7-20-8-15-11)6-10-3-4-12-13(5-10)19-9-18-12/h3-5,7-8H,2,6,9H2,1H3. The van der Waals surface area contributed by atoms with Crippen molar-refractivity contribution < 1.29 is 14.3 Å². The fourth-order valence-electron chi connectivity index (χ4n) is 2.07. The highest BCUT2D eigenvalue weighted by Crippen LogP contribution is 2.32. The molecule has 0 atom stereocenters. The third-order valence-corrected chi connectivity index (χ3v) is 3.72. The van der Waals surface area contributed by atoms with Gasteiger partial charge in [0.25, 0.3) is 5.91 Å². The smallest absolute Gasteiger partial charge is 0.273 e. The van der Waals surface area contributed by atoms with Crippen molar-refractivity contribution in [2.75, 3.05) is 13.3 Å². The molecule has 6 heteroatoms. The van der Waals surface area contributed by atoms with Gasteiger partial charge in [-0.2, -0.15) is 0 Å². The zero-order chi connectivity index (χ0) is 13.9. The second kappa shape index (κ2) is 5.50. The van der Waals surface area contributed by atoms with E-state index in [0.717, 1.165) is 17.1 Å². The molecule has 0 saturated heterocycles. The maximum Gasteiger partial charge on any atom is 0.273 e. The number of hydrogen-bond acceptors (Lipinski definition) is 5. The molecule has 5 nitrogen and oxygen atoms in total. The van der Waals surface area contributed by atoms with Crippen LogP contribution in [0.2, 0.25) is 0 Å². The van der Waals surface area contributed by atoms with Crippen LogP contribution in [0, 0.1) is 0 Å². The lowest BCUT2D eigenvalue weighted by Crippen LogP contribution is -2.30. The van der Waals surface area contributed by atoms with Crippen LogP contribution in [0.1, 0.15) is 23.0 Å². The topological polar surface area (TPSA) is 51.7 Å². The molecule has 104 valence electrons. The molecule has 0 bridgehead atoms. The molecule has 0 fully saturated rings. The summed E-state index contributed by atoms with van der Waals surface area (Å²) in [6.45, 7) is 3.37. The van der Waals surface area contributed by atoms with Crippen LogP contribution < -0.4 is 9.47 Å². The number of fused-ring (bicyclic) bond motifs is 1. The number of ether oxygens (including phenoxy) is 2. The molecule has 1 aromatic carbocycles. The monoisotopic (exact) mass is 290 g/mol. The van der Waals surface area contributed by atoms with E-state index in [1.165, 1.54) is 11.3 Å². The highest BCUT2D eigenvalue weighted by atomic mass is 32.1. The Morgan fingerprint density at radius 2 is 2.25 bits per heavy atom. The van der Waals surface area contributed by atoms with E-state index >= 15 is 0 Å². The molecular formula is C14H14N2O3S. The lowest BCUT2D eigenvalue weighted by Gasteiger charge is -2.20. The first kappa shape index (κ1) is 12.9. The third kappa shape index (κ3) is 2.46. The maximum absolute atomic E-state index is 12.3. The maximum atomic E-state index is 12.3. The number of nitrogens with zero attached hydrogens (tertiary/aromatic N) is 2. The summed E-state index contributed by atoms with van der Waals surface area (Å²) >= 11 is 1.42. The van der Waals surface area contributed by atoms with Crippen LogP contribution in [0.15, 0.2) is 29.1 Å². The highest BCUT2D eigenvalue weighted by Gasteiger charge is 2.18. The molecule has 0 spiro atoms. The average molecular weight is 290 g/mol. The SMILES string of the molecule is CCN(Cc1ccc2c(c1)OCO2)C(=O)c1cscn1. The second-order valence-corrected chi connectivity index (χ2v) is 5.10. The van der Waals surface area contributed by atoms with Crippen LogP contribution in [-0.2, 0) is 6.54 Å². The lowest BCUT2D eigenvalue weighted by atomic mass is 10.2. The van der Waals surface area contributed by atoms with Gasteiger partial charge in [0.1, 0.15) is 5.69 Å². The van der Waals surface area contributed by atoms with Crippen molar-refractivity contribution in [1.82, 2.24) is 9.88 Å². The van der Waals surface area contributed by atoms with Crippen LogP contribution in [0.4, 0.5) is 0 Å². The van der Waals surface area contributed by atoms with Gasteiger partial charge in [-0.05, 0) is 24.6 Å². The molecule has 1 amide bonds. The number of benzene rings is 1.